The summed E-state index contributed by atoms with van der Waals surface area (Å²) in [6.45, 7) is 1.88. The summed E-state index contributed by atoms with van der Waals surface area (Å²) >= 11 is 0. The molecule has 2 saturated carbocycles. The summed E-state index contributed by atoms with van der Waals surface area (Å²) in [5, 5.41) is 11.6. The second-order valence-corrected chi connectivity index (χ2v) is 11.0. The molecule has 0 saturated heterocycles. The first-order valence-corrected chi connectivity index (χ1v) is 13.9. The number of carbonyl (C=O) groups is 2. The summed E-state index contributed by atoms with van der Waals surface area (Å²) in [5.41, 5.74) is 8.98. The molecule has 0 bridgehead atoms. The van der Waals surface area contributed by atoms with Crippen LogP contribution in [0.4, 0.5) is 10.2 Å². The van der Waals surface area contributed by atoms with Crippen LogP contribution >= 0.6 is 0 Å². The first-order valence-electron chi connectivity index (χ1n) is 13.9. The Balaban J connectivity index is 1.30. The van der Waals surface area contributed by atoms with E-state index < -0.39 is 5.54 Å². The summed E-state index contributed by atoms with van der Waals surface area (Å²) in [7, 11) is 1.88. The van der Waals surface area contributed by atoms with Crippen LogP contribution in [0.25, 0.3) is 22.4 Å². The third-order valence-electron chi connectivity index (χ3n) is 8.25. The van der Waals surface area contributed by atoms with Gasteiger partial charge in [0.1, 0.15) is 11.5 Å². The molecule has 39 heavy (non-hydrogen) atoms. The topological polar surface area (TPSA) is 101 Å². The molecule has 1 aromatic heterocycles. The number of benzene rings is 2. The predicted octanol–water partition coefficient (Wildman–Crippen LogP) is 5.65. The van der Waals surface area contributed by atoms with E-state index in [2.05, 4.69) is 15.5 Å². The van der Waals surface area contributed by atoms with Crippen LogP contribution < -0.4 is 11.1 Å². The van der Waals surface area contributed by atoms with E-state index in [0.29, 0.717) is 35.5 Å². The number of carbonyl (C=O) groups excluding carboxylic acids is 2. The van der Waals surface area contributed by atoms with Crippen LogP contribution in [-0.4, -0.2) is 40.0 Å². The van der Waals surface area contributed by atoms with Crippen LogP contribution in [0.3, 0.4) is 0 Å². The normalized spacial score (nSPS) is 19.8. The van der Waals surface area contributed by atoms with Gasteiger partial charge in [0.05, 0.1) is 0 Å². The number of hydrogen-bond donors (Lipinski definition) is 2. The SMILES string of the molecule is CCC(=O)N(C)C1CCC(CC(=O)Nc2cc(-c3ccccc3)c(-c3ccc(C4(N)CC4)c(F)c3)nn2)CC1. The Bertz CT molecular complexity index is 1350. The van der Waals surface area contributed by atoms with Gasteiger partial charge in [-0.05, 0) is 62.1 Å². The number of nitrogens with zero attached hydrogens (tertiary/aromatic N) is 3. The quantitative estimate of drug-likeness (QED) is 0.393. The third-order valence-corrected chi connectivity index (χ3v) is 8.25. The molecule has 0 atom stereocenters. The van der Waals surface area contributed by atoms with E-state index in [1.807, 2.05) is 55.3 Å². The Morgan fingerprint density at radius 2 is 1.74 bits per heavy atom. The van der Waals surface area contributed by atoms with E-state index in [4.69, 9.17) is 5.73 Å². The van der Waals surface area contributed by atoms with Gasteiger partial charge in [-0.15, -0.1) is 10.2 Å². The minimum absolute atomic E-state index is 0.106. The van der Waals surface area contributed by atoms with E-state index in [9.17, 15) is 9.59 Å². The number of hydrogen-bond acceptors (Lipinski definition) is 5. The average molecular weight is 530 g/mol. The number of amides is 2. The van der Waals surface area contributed by atoms with Gasteiger partial charge in [0.25, 0.3) is 0 Å². The van der Waals surface area contributed by atoms with Crippen molar-refractivity contribution in [2.75, 3.05) is 12.4 Å². The van der Waals surface area contributed by atoms with Crippen molar-refractivity contribution < 1.29 is 14.0 Å². The fourth-order valence-electron chi connectivity index (χ4n) is 5.62. The van der Waals surface area contributed by atoms with Gasteiger partial charge < -0.3 is 16.0 Å². The molecule has 2 aliphatic rings. The Hall–Kier alpha value is -3.65. The zero-order valence-corrected chi connectivity index (χ0v) is 22.6. The second kappa shape index (κ2) is 11.2. The predicted molar refractivity (Wildman–Crippen MR) is 150 cm³/mol. The molecule has 8 heteroatoms. The van der Waals surface area contributed by atoms with Gasteiger partial charge in [0.2, 0.25) is 11.8 Å². The molecule has 2 amide bonds. The Morgan fingerprint density at radius 3 is 2.38 bits per heavy atom. The standard InChI is InChI=1S/C31H36FN5O2/c1-3-29(39)37(2)23-12-9-20(10-13-23)17-28(38)34-27-19-24(21-7-5-4-6-8-21)30(36-35-27)22-11-14-25(26(32)18-22)31(33)15-16-31/h4-8,11,14,18-20,23H,3,9-10,12-13,15-17,33H2,1-2H3,(H,34,35,38). The summed E-state index contributed by atoms with van der Waals surface area (Å²) in [6.07, 6.45) is 6.11. The fraction of sp³-hybridized carbons (Fsp3) is 0.419. The lowest BCUT2D eigenvalue weighted by molar-refractivity contribution is -0.132. The number of nitrogens with two attached hydrogens (primary N) is 1. The first-order chi connectivity index (χ1) is 18.8. The lowest BCUT2D eigenvalue weighted by atomic mass is 9.83. The number of nitrogens with one attached hydrogen (secondary N) is 1. The second-order valence-electron chi connectivity index (χ2n) is 11.0. The molecule has 2 fully saturated rings. The van der Waals surface area contributed by atoms with Crippen molar-refractivity contribution in [3.63, 3.8) is 0 Å². The molecule has 2 aliphatic carbocycles. The highest BCUT2D eigenvalue weighted by Crippen LogP contribution is 2.44. The molecule has 7 nitrogen and oxygen atoms in total. The molecule has 0 radical (unpaired) electrons. The van der Waals surface area contributed by atoms with Crippen molar-refractivity contribution in [2.24, 2.45) is 11.7 Å². The molecule has 0 unspecified atom stereocenters. The number of halogens is 1. The van der Waals surface area contributed by atoms with Crippen molar-refractivity contribution in [3.8, 4) is 22.4 Å². The van der Waals surface area contributed by atoms with Gasteiger partial charge in [0.15, 0.2) is 5.82 Å². The Labute approximate surface area is 229 Å². The zero-order chi connectivity index (χ0) is 27.6. The maximum absolute atomic E-state index is 15.0. The van der Waals surface area contributed by atoms with E-state index in [-0.39, 0.29) is 29.6 Å². The molecule has 5 rings (SSSR count). The first kappa shape index (κ1) is 26.9. The van der Waals surface area contributed by atoms with Crippen LogP contribution in [0.2, 0.25) is 0 Å². The van der Waals surface area contributed by atoms with Crippen LogP contribution in [0.5, 0.6) is 0 Å². The lowest BCUT2D eigenvalue weighted by Gasteiger charge is -2.34. The monoisotopic (exact) mass is 529 g/mol. The molecule has 204 valence electrons. The summed E-state index contributed by atoms with van der Waals surface area (Å²) in [6, 6.07) is 16.8. The zero-order valence-electron chi connectivity index (χ0n) is 22.6. The van der Waals surface area contributed by atoms with Gasteiger partial charge in [-0.25, -0.2) is 4.39 Å². The lowest BCUT2D eigenvalue weighted by Crippen LogP contribution is -2.39. The van der Waals surface area contributed by atoms with Crippen LogP contribution in [0.1, 0.15) is 63.9 Å². The van der Waals surface area contributed by atoms with Gasteiger partial charge in [-0.1, -0.05) is 49.4 Å². The highest BCUT2D eigenvalue weighted by molar-refractivity contribution is 5.91. The van der Waals surface area contributed by atoms with Crippen LogP contribution in [0.15, 0.2) is 54.6 Å². The maximum Gasteiger partial charge on any atom is 0.225 e. The van der Waals surface area contributed by atoms with Crippen LogP contribution in [-0.2, 0) is 15.1 Å². The summed E-state index contributed by atoms with van der Waals surface area (Å²) in [5.74, 6) is 0.347. The average Bonchev–Trinajstić information content (AvgIpc) is 3.70. The van der Waals surface area contributed by atoms with Crippen molar-refractivity contribution in [3.05, 3.63) is 66.0 Å². The summed E-state index contributed by atoms with van der Waals surface area (Å²) in [4.78, 5) is 26.8. The Morgan fingerprint density at radius 1 is 1.03 bits per heavy atom. The molecule has 0 spiro atoms. The number of anilines is 1. The fourth-order valence-corrected chi connectivity index (χ4v) is 5.62. The number of rotatable bonds is 8. The molecular weight excluding hydrogens is 493 g/mol. The van der Waals surface area contributed by atoms with Gasteiger partial charge in [-0.3, -0.25) is 9.59 Å². The van der Waals surface area contributed by atoms with Crippen LogP contribution in [0, 0.1) is 11.7 Å². The van der Waals surface area contributed by atoms with E-state index in [1.165, 1.54) is 6.07 Å². The maximum atomic E-state index is 15.0. The van der Waals surface area contributed by atoms with Gasteiger partial charge in [-0.2, -0.15) is 0 Å². The number of aromatic nitrogens is 2. The third kappa shape index (κ3) is 6.01. The molecular formula is C31H36FN5O2. The minimum Gasteiger partial charge on any atom is -0.343 e. The minimum atomic E-state index is -0.563. The Kier molecular flexibility index (Phi) is 7.75. The molecule has 2 aromatic carbocycles. The van der Waals surface area contributed by atoms with Crippen molar-refractivity contribution in [1.29, 1.82) is 0 Å². The largest absolute Gasteiger partial charge is 0.343 e. The van der Waals surface area contributed by atoms with Crippen molar-refractivity contribution >= 4 is 17.6 Å². The molecule has 1 heterocycles. The summed E-state index contributed by atoms with van der Waals surface area (Å²) < 4.78 is 15.0. The smallest absolute Gasteiger partial charge is 0.225 e. The van der Waals surface area contributed by atoms with Gasteiger partial charge >= 0.3 is 0 Å². The van der Waals surface area contributed by atoms with E-state index >= 15 is 4.39 Å². The van der Waals surface area contributed by atoms with E-state index in [0.717, 1.165) is 49.7 Å². The van der Waals surface area contributed by atoms with Crippen molar-refractivity contribution in [2.45, 2.75) is 69.9 Å². The van der Waals surface area contributed by atoms with Gasteiger partial charge in [0, 0.05) is 48.2 Å². The molecule has 3 N–H and O–H groups in total. The highest BCUT2D eigenvalue weighted by atomic mass is 19.1. The van der Waals surface area contributed by atoms with Crippen molar-refractivity contribution in [1.82, 2.24) is 15.1 Å². The highest BCUT2D eigenvalue weighted by Gasteiger charge is 2.42. The van der Waals surface area contributed by atoms with E-state index in [1.54, 1.807) is 12.1 Å². The molecule has 0 aliphatic heterocycles. The molecule has 3 aromatic rings.